The molecule has 0 atom stereocenters. The Hall–Kier alpha value is -2.41. The first-order valence-electron chi connectivity index (χ1n) is 9.15. The second kappa shape index (κ2) is 7.86. The van der Waals surface area contributed by atoms with Crippen LogP contribution in [0, 0.1) is 0 Å². The highest BCUT2D eigenvalue weighted by Gasteiger charge is 2.24. The molecule has 0 aliphatic carbocycles. The molecular weight excluding hydrogens is 330 g/mol. The van der Waals surface area contributed by atoms with Crippen molar-refractivity contribution in [2.75, 3.05) is 32.7 Å². The number of hydrogen-bond acceptors (Lipinski definition) is 4. The van der Waals surface area contributed by atoms with Crippen molar-refractivity contribution in [3.8, 4) is 0 Å². The molecule has 0 bridgehead atoms. The van der Waals surface area contributed by atoms with Crippen molar-refractivity contribution < 1.29 is 4.79 Å². The lowest BCUT2D eigenvalue weighted by Crippen LogP contribution is -2.50. The first kappa shape index (κ1) is 18.4. The van der Waals surface area contributed by atoms with Gasteiger partial charge in [0.2, 0.25) is 0 Å². The summed E-state index contributed by atoms with van der Waals surface area (Å²) in [6.45, 7) is 9.09. The lowest BCUT2D eigenvalue weighted by Gasteiger charge is -2.34. The minimum absolute atomic E-state index is 0.164. The molecule has 1 amide bonds. The Morgan fingerprint density at radius 1 is 1.15 bits per heavy atom. The highest BCUT2D eigenvalue weighted by atomic mass is 16.2. The summed E-state index contributed by atoms with van der Waals surface area (Å²) in [5.41, 5.74) is 0.0182. The van der Waals surface area contributed by atoms with Gasteiger partial charge in [-0.1, -0.05) is 13.8 Å². The molecule has 3 rings (SSSR count). The fraction of sp³-hybridized carbons (Fsp3) is 0.526. The molecule has 1 fully saturated rings. The van der Waals surface area contributed by atoms with Crippen molar-refractivity contribution in [1.29, 1.82) is 0 Å². The lowest BCUT2D eigenvalue weighted by molar-refractivity contribution is 0.0630. The van der Waals surface area contributed by atoms with E-state index in [2.05, 4.69) is 28.3 Å². The van der Waals surface area contributed by atoms with Crippen molar-refractivity contribution in [1.82, 2.24) is 23.9 Å². The number of imidazole rings is 1. The molecule has 7 heteroatoms. The SMILES string of the molecule is CC(C)c1nccn1CCN1CCN(C(=O)c2cccn(C)c2=O)CC1. The Balaban J connectivity index is 1.54. The normalized spacial score (nSPS) is 15.6. The molecule has 140 valence electrons. The smallest absolute Gasteiger partial charge is 0.263 e. The predicted molar refractivity (Wildman–Crippen MR) is 100 cm³/mol. The van der Waals surface area contributed by atoms with Crippen LogP contribution < -0.4 is 5.56 Å². The van der Waals surface area contributed by atoms with E-state index >= 15 is 0 Å². The van der Waals surface area contributed by atoms with Gasteiger partial charge in [0, 0.05) is 70.8 Å². The van der Waals surface area contributed by atoms with Gasteiger partial charge in [-0.3, -0.25) is 14.5 Å². The Kier molecular flexibility index (Phi) is 5.56. The summed E-state index contributed by atoms with van der Waals surface area (Å²) in [6.07, 6.45) is 5.55. The molecule has 1 aliphatic rings. The minimum Gasteiger partial charge on any atom is -0.336 e. The van der Waals surface area contributed by atoms with Crippen molar-refractivity contribution in [2.24, 2.45) is 7.05 Å². The van der Waals surface area contributed by atoms with Gasteiger partial charge in [-0.2, -0.15) is 0 Å². The molecule has 26 heavy (non-hydrogen) atoms. The van der Waals surface area contributed by atoms with E-state index in [4.69, 9.17) is 0 Å². The summed E-state index contributed by atoms with van der Waals surface area (Å²) in [5.74, 6) is 1.36. The predicted octanol–water partition coefficient (Wildman–Crippen LogP) is 1.16. The number of hydrogen-bond donors (Lipinski definition) is 0. The maximum atomic E-state index is 12.6. The van der Waals surface area contributed by atoms with Crippen molar-refractivity contribution in [3.63, 3.8) is 0 Å². The third kappa shape index (κ3) is 3.88. The number of aryl methyl sites for hydroxylation is 1. The van der Waals surface area contributed by atoms with Crippen LogP contribution in [-0.4, -0.2) is 62.5 Å². The zero-order chi connectivity index (χ0) is 18.7. The van der Waals surface area contributed by atoms with E-state index in [0.717, 1.165) is 32.0 Å². The van der Waals surface area contributed by atoms with Crippen LogP contribution in [0.15, 0.2) is 35.5 Å². The van der Waals surface area contributed by atoms with Crippen LogP contribution in [0.5, 0.6) is 0 Å². The van der Waals surface area contributed by atoms with Crippen LogP contribution in [0.4, 0.5) is 0 Å². The highest BCUT2D eigenvalue weighted by molar-refractivity contribution is 5.93. The maximum absolute atomic E-state index is 12.6. The van der Waals surface area contributed by atoms with Gasteiger partial charge in [0.05, 0.1) is 0 Å². The van der Waals surface area contributed by atoms with Crippen molar-refractivity contribution in [3.05, 3.63) is 52.5 Å². The van der Waals surface area contributed by atoms with Crippen LogP contribution in [0.1, 0.15) is 35.9 Å². The summed E-state index contributed by atoms with van der Waals surface area (Å²) < 4.78 is 3.65. The van der Waals surface area contributed by atoms with E-state index in [9.17, 15) is 9.59 Å². The molecule has 3 heterocycles. The summed E-state index contributed by atoms with van der Waals surface area (Å²) in [4.78, 5) is 33.3. The van der Waals surface area contributed by atoms with Gasteiger partial charge in [-0.25, -0.2) is 4.98 Å². The van der Waals surface area contributed by atoms with Crippen LogP contribution in [0.25, 0.3) is 0 Å². The van der Waals surface area contributed by atoms with Crippen LogP contribution in [-0.2, 0) is 13.6 Å². The Bertz CT molecular complexity index is 815. The molecule has 0 saturated carbocycles. The highest BCUT2D eigenvalue weighted by Crippen LogP contribution is 2.12. The minimum atomic E-state index is -0.235. The van der Waals surface area contributed by atoms with Gasteiger partial charge in [-0.15, -0.1) is 0 Å². The topological polar surface area (TPSA) is 63.4 Å². The molecule has 0 radical (unpaired) electrons. The molecule has 1 aliphatic heterocycles. The second-order valence-corrected chi connectivity index (χ2v) is 7.11. The number of rotatable bonds is 5. The Labute approximate surface area is 153 Å². The largest absolute Gasteiger partial charge is 0.336 e. The van der Waals surface area contributed by atoms with E-state index in [1.165, 1.54) is 4.57 Å². The lowest BCUT2D eigenvalue weighted by atomic mass is 10.2. The van der Waals surface area contributed by atoms with E-state index in [1.807, 2.05) is 12.4 Å². The average Bonchev–Trinajstić information content (AvgIpc) is 3.11. The summed E-state index contributed by atoms with van der Waals surface area (Å²) in [6, 6.07) is 3.35. The molecule has 1 saturated heterocycles. The standard InChI is InChI=1S/C19H27N5O2/c1-15(2)17-20-6-8-23(17)12-9-22-10-13-24(14-11-22)19(26)16-5-4-7-21(3)18(16)25/h4-8,15H,9-14H2,1-3H3. The van der Waals surface area contributed by atoms with Gasteiger partial charge in [0.25, 0.3) is 11.5 Å². The molecule has 0 N–H and O–H groups in total. The fourth-order valence-corrected chi connectivity index (χ4v) is 3.36. The molecule has 0 aromatic carbocycles. The number of amides is 1. The maximum Gasteiger partial charge on any atom is 0.263 e. The molecule has 0 spiro atoms. The molecular formula is C19H27N5O2. The van der Waals surface area contributed by atoms with Crippen molar-refractivity contribution >= 4 is 5.91 Å². The number of nitrogens with zero attached hydrogens (tertiary/aromatic N) is 5. The van der Waals surface area contributed by atoms with Crippen LogP contribution in [0.2, 0.25) is 0 Å². The third-order valence-electron chi connectivity index (χ3n) is 4.93. The van der Waals surface area contributed by atoms with Gasteiger partial charge in [0.1, 0.15) is 11.4 Å². The summed E-state index contributed by atoms with van der Waals surface area (Å²) in [7, 11) is 1.67. The average molecular weight is 357 g/mol. The van der Waals surface area contributed by atoms with Crippen LogP contribution in [0.3, 0.4) is 0 Å². The number of carbonyl (C=O) groups excluding carboxylic acids is 1. The number of carbonyl (C=O) groups is 1. The van der Waals surface area contributed by atoms with E-state index in [1.54, 1.807) is 30.3 Å². The molecule has 2 aromatic heterocycles. The Morgan fingerprint density at radius 3 is 2.58 bits per heavy atom. The first-order valence-corrected chi connectivity index (χ1v) is 9.15. The number of pyridine rings is 1. The van der Waals surface area contributed by atoms with Gasteiger partial charge >= 0.3 is 0 Å². The van der Waals surface area contributed by atoms with Gasteiger partial charge in [0.15, 0.2) is 0 Å². The third-order valence-corrected chi connectivity index (χ3v) is 4.93. The number of piperazine rings is 1. The number of aromatic nitrogens is 3. The van der Waals surface area contributed by atoms with E-state index in [-0.39, 0.29) is 17.0 Å². The summed E-state index contributed by atoms with van der Waals surface area (Å²) >= 11 is 0. The first-order chi connectivity index (χ1) is 12.5. The van der Waals surface area contributed by atoms with Crippen molar-refractivity contribution in [2.45, 2.75) is 26.3 Å². The Morgan fingerprint density at radius 2 is 1.88 bits per heavy atom. The fourth-order valence-electron chi connectivity index (χ4n) is 3.36. The summed E-state index contributed by atoms with van der Waals surface area (Å²) in [5, 5.41) is 0. The van der Waals surface area contributed by atoms with E-state index in [0.29, 0.717) is 19.0 Å². The molecule has 0 unspecified atom stereocenters. The van der Waals surface area contributed by atoms with E-state index < -0.39 is 0 Å². The van der Waals surface area contributed by atoms with Crippen LogP contribution >= 0.6 is 0 Å². The van der Waals surface area contributed by atoms with Gasteiger partial charge < -0.3 is 14.0 Å². The molecule has 2 aromatic rings. The zero-order valence-corrected chi connectivity index (χ0v) is 15.8. The molecule has 7 nitrogen and oxygen atoms in total. The second-order valence-electron chi connectivity index (χ2n) is 7.11. The zero-order valence-electron chi connectivity index (χ0n) is 15.8. The quantitative estimate of drug-likeness (QED) is 0.806. The van der Waals surface area contributed by atoms with Gasteiger partial charge in [-0.05, 0) is 12.1 Å². The monoisotopic (exact) mass is 357 g/mol.